The van der Waals surface area contributed by atoms with Crippen molar-refractivity contribution in [2.45, 2.75) is 31.1 Å². The average Bonchev–Trinajstić information content (AvgIpc) is 2.39. The molecule has 118 valence electrons. The quantitative estimate of drug-likeness (QED) is 0.769. The first-order valence-corrected chi connectivity index (χ1v) is 8.79. The molecule has 0 unspecified atom stereocenters. The van der Waals surface area contributed by atoms with E-state index in [-0.39, 0.29) is 10.0 Å². The minimum absolute atomic E-state index is 0.276. The van der Waals surface area contributed by atoms with E-state index in [0.29, 0.717) is 6.54 Å². The first-order valence-electron chi connectivity index (χ1n) is 6.45. The predicted molar refractivity (Wildman–Crippen MR) is 82.0 cm³/mol. The number of nitrogens with two attached hydrogens (primary N) is 1. The summed E-state index contributed by atoms with van der Waals surface area (Å²) in [4.78, 5) is 12.9. The van der Waals surface area contributed by atoms with Crippen LogP contribution in [0, 0.1) is 5.82 Å². The van der Waals surface area contributed by atoms with Gasteiger partial charge < -0.3 is 4.90 Å². The second-order valence-corrected chi connectivity index (χ2v) is 7.19. The Morgan fingerprint density at radius 2 is 2.00 bits per heavy atom. The number of sulfonamides is 1. The normalized spacial score (nSPS) is 11.5. The SMILES string of the molecule is CCCCCN(C)C(=O)c1cc(Br)cc(S(N)(=O)=O)c1F. The van der Waals surface area contributed by atoms with Gasteiger partial charge in [-0.05, 0) is 18.6 Å². The molecule has 0 atom stereocenters. The largest absolute Gasteiger partial charge is 0.342 e. The molecule has 1 aromatic rings. The Labute approximate surface area is 132 Å². The fraction of sp³-hybridized carbons (Fsp3) is 0.462. The van der Waals surface area contributed by atoms with Gasteiger partial charge in [0.15, 0.2) is 5.82 Å². The minimum atomic E-state index is -4.23. The molecule has 0 aliphatic rings. The number of carbonyl (C=O) groups excluding carboxylic acids is 1. The van der Waals surface area contributed by atoms with Crippen molar-refractivity contribution in [1.29, 1.82) is 0 Å². The highest BCUT2D eigenvalue weighted by Gasteiger charge is 2.24. The summed E-state index contributed by atoms with van der Waals surface area (Å²) < 4.78 is 37.2. The smallest absolute Gasteiger partial charge is 0.256 e. The molecule has 2 N–H and O–H groups in total. The topological polar surface area (TPSA) is 80.5 Å². The van der Waals surface area contributed by atoms with E-state index in [4.69, 9.17) is 5.14 Å². The number of hydrogen-bond donors (Lipinski definition) is 1. The summed E-state index contributed by atoms with van der Waals surface area (Å²) in [6.07, 6.45) is 2.76. The third kappa shape index (κ3) is 4.76. The standard InChI is InChI=1S/C13H18BrFN2O3S/c1-3-4-5-6-17(2)13(18)10-7-9(14)8-11(12(10)15)21(16,19)20/h7-8H,3-6H2,1-2H3,(H2,16,19,20). The lowest BCUT2D eigenvalue weighted by atomic mass is 10.1. The van der Waals surface area contributed by atoms with Crippen molar-refractivity contribution in [2.75, 3.05) is 13.6 Å². The first-order chi connectivity index (χ1) is 9.68. The highest BCUT2D eigenvalue weighted by molar-refractivity contribution is 9.10. The highest BCUT2D eigenvalue weighted by Crippen LogP contribution is 2.24. The number of primary sulfonamides is 1. The number of amides is 1. The molecule has 0 saturated heterocycles. The van der Waals surface area contributed by atoms with Gasteiger partial charge >= 0.3 is 0 Å². The van der Waals surface area contributed by atoms with E-state index in [0.717, 1.165) is 25.3 Å². The first kappa shape index (κ1) is 18.1. The van der Waals surface area contributed by atoms with E-state index < -0.39 is 26.6 Å². The van der Waals surface area contributed by atoms with Crippen LogP contribution in [0.25, 0.3) is 0 Å². The number of nitrogens with zero attached hydrogens (tertiary/aromatic N) is 1. The van der Waals surface area contributed by atoms with Crippen LogP contribution in [0.4, 0.5) is 4.39 Å². The van der Waals surface area contributed by atoms with Crippen LogP contribution < -0.4 is 5.14 Å². The molecule has 0 spiro atoms. The van der Waals surface area contributed by atoms with E-state index >= 15 is 0 Å². The van der Waals surface area contributed by atoms with Crippen molar-refractivity contribution < 1.29 is 17.6 Å². The number of carbonyl (C=O) groups is 1. The molecule has 0 aliphatic carbocycles. The third-order valence-corrected chi connectivity index (χ3v) is 4.35. The van der Waals surface area contributed by atoms with Crippen molar-refractivity contribution in [2.24, 2.45) is 5.14 Å². The summed E-state index contributed by atoms with van der Waals surface area (Å²) >= 11 is 3.06. The number of hydrogen-bond acceptors (Lipinski definition) is 3. The second-order valence-electron chi connectivity index (χ2n) is 4.74. The van der Waals surface area contributed by atoms with Crippen LogP contribution in [0.15, 0.2) is 21.5 Å². The monoisotopic (exact) mass is 380 g/mol. The average molecular weight is 381 g/mol. The predicted octanol–water partition coefficient (Wildman–Crippen LogP) is 2.50. The molecule has 1 aromatic carbocycles. The van der Waals surface area contributed by atoms with Gasteiger partial charge in [-0.3, -0.25) is 4.79 Å². The summed E-state index contributed by atoms with van der Waals surface area (Å²) in [5.41, 5.74) is -0.313. The lowest BCUT2D eigenvalue weighted by Crippen LogP contribution is -2.29. The zero-order chi connectivity index (χ0) is 16.2. The zero-order valence-electron chi connectivity index (χ0n) is 11.9. The maximum Gasteiger partial charge on any atom is 0.256 e. The summed E-state index contributed by atoms with van der Waals surface area (Å²) in [5, 5.41) is 4.96. The molecular formula is C13H18BrFN2O3S. The lowest BCUT2D eigenvalue weighted by Gasteiger charge is -2.18. The van der Waals surface area contributed by atoms with Crippen molar-refractivity contribution in [3.05, 3.63) is 28.0 Å². The van der Waals surface area contributed by atoms with Gasteiger partial charge in [-0.2, -0.15) is 0 Å². The van der Waals surface area contributed by atoms with Gasteiger partial charge in [-0.25, -0.2) is 17.9 Å². The molecule has 0 bridgehead atoms. The lowest BCUT2D eigenvalue weighted by molar-refractivity contribution is 0.0787. The van der Waals surface area contributed by atoms with Crippen LogP contribution in [0.1, 0.15) is 36.5 Å². The Hall–Kier alpha value is -0.990. The van der Waals surface area contributed by atoms with Gasteiger partial charge in [0.1, 0.15) is 4.90 Å². The van der Waals surface area contributed by atoms with E-state index in [1.54, 1.807) is 7.05 Å². The fourth-order valence-corrected chi connectivity index (χ4v) is 3.09. The van der Waals surface area contributed by atoms with Gasteiger partial charge in [0.2, 0.25) is 10.0 Å². The molecule has 1 rings (SSSR count). The third-order valence-electron chi connectivity index (χ3n) is 2.98. The summed E-state index contributed by atoms with van der Waals surface area (Å²) in [7, 11) is -2.68. The molecule has 0 aromatic heterocycles. The second kappa shape index (κ2) is 7.33. The Kier molecular flexibility index (Phi) is 6.30. The Morgan fingerprint density at radius 3 is 2.52 bits per heavy atom. The van der Waals surface area contributed by atoms with Crippen molar-refractivity contribution in [3.63, 3.8) is 0 Å². The fourth-order valence-electron chi connectivity index (χ4n) is 1.83. The summed E-state index contributed by atoms with van der Waals surface area (Å²) in [6.45, 7) is 2.51. The minimum Gasteiger partial charge on any atom is -0.342 e. The van der Waals surface area contributed by atoms with Crippen LogP contribution in [0.3, 0.4) is 0 Å². The van der Waals surface area contributed by atoms with Gasteiger partial charge in [-0.1, -0.05) is 35.7 Å². The molecule has 0 heterocycles. The molecule has 0 radical (unpaired) electrons. The molecule has 8 heteroatoms. The van der Waals surface area contributed by atoms with Crippen LogP contribution in [0.5, 0.6) is 0 Å². The van der Waals surface area contributed by atoms with Crippen LogP contribution in [-0.2, 0) is 10.0 Å². The van der Waals surface area contributed by atoms with E-state index in [9.17, 15) is 17.6 Å². The van der Waals surface area contributed by atoms with Crippen LogP contribution in [-0.4, -0.2) is 32.8 Å². The van der Waals surface area contributed by atoms with E-state index in [1.165, 1.54) is 11.0 Å². The van der Waals surface area contributed by atoms with Crippen molar-refractivity contribution in [3.8, 4) is 0 Å². The van der Waals surface area contributed by atoms with Gasteiger partial charge in [0.25, 0.3) is 5.91 Å². The number of unbranched alkanes of at least 4 members (excludes halogenated alkanes) is 2. The van der Waals surface area contributed by atoms with Gasteiger partial charge in [0.05, 0.1) is 5.56 Å². The van der Waals surface area contributed by atoms with Crippen molar-refractivity contribution >= 4 is 31.9 Å². The Bertz CT molecular complexity index is 635. The summed E-state index contributed by atoms with van der Waals surface area (Å²) in [5.74, 6) is -1.69. The maximum atomic E-state index is 14.2. The van der Waals surface area contributed by atoms with Crippen LogP contribution >= 0.6 is 15.9 Å². The molecule has 0 saturated carbocycles. The molecule has 0 fully saturated rings. The molecule has 1 amide bonds. The van der Waals surface area contributed by atoms with Crippen LogP contribution in [0.2, 0.25) is 0 Å². The highest BCUT2D eigenvalue weighted by atomic mass is 79.9. The maximum absolute atomic E-state index is 14.2. The zero-order valence-corrected chi connectivity index (χ0v) is 14.3. The Morgan fingerprint density at radius 1 is 1.38 bits per heavy atom. The van der Waals surface area contributed by atoms with Gasteiger partial charge in [-0.15, -0.1) is 0 Å². The van der Waals surface area contributed by atoms with E-state index in [1.807, 2.05) is 6.92 Å². The number of rotatable bonds is 6. The Balaban J connectivity index is 3.13. The molecule has 5 nitrogen and oxygen atoms in total. The van der Waals surface area contributed by atoms with E-state index in [2.05, 4.69) is 15.9 Å². The number of benzene rings is 1. The molecule has 0 aliphatic heterocycles. The van der Waals surface area contributed by atoms with Gasteiger partial charge in [0, 0.05) is 18.1 Å². The summed E-state index contributed by atoms with van der Waals surface area (Å²) in [6, 6.07) is 2.29. The van der Waals surface area contributed by atoms with Crippen molar-refractivity contribution in [1.82, 2.24) is 4.90 Å². The number of halogens is 2. The molecular weight excluding hydrogens is 363 g/mol. The molecule has 21 heavy (non-hydrogen) atoms.